The summed E-state index contributed by atoms with van der Waals surface area (Å²) in [6.07, 6.45) is 2.12. The Bertz CT molecular complexity index is 869. The molecule has 1 aliphatic heterocycles. The van der Waals surface area contributed by atoms with Gasteiger partial charge in [0.2, 0.25) is 5.78 Å². The normalized spacial score (nSPS) is 23.9. The molecule has 3 aliphatic rings. The van der Waals surface area contributed by atoms with E-state index >= 15 is 0 Å². The standard InChI is InChI=1S/C16H9BrN2O/c17-10-4-2-5-11-13(10)15(20)16-18-14-9-7-8(9)3-1-6-12(14)19(11)16/h2,4-5,8-9H,3,7H2. The van der Waals surface area contributed by atoms with E-state index in [1.807, 2.05) is 22.8 Å². The lowest BCUT2D eigenvalue weighted by molar-refractivity contribution is 0.103. The average Bonchev–Trinajstić information content (AvgIpc) is 3.05. The van der Waals surface area contributed by atoms with Crippen molar-refractivity contribution in [2.75, 3.05) is 0 Å². The minimum atomic E-state index is -0.000418. The zero-order valence-corrected chi connectivity index (χ0v) is 12.1. The van der Waals surface area contributed by atoms with E-state index in [0.29, 0.717) is 23.2 Å². The highest BCUT2D eigenvalue weighted by atomic mass is 79.9. The summed E-state index contributed by atoms with van der Waals surface area (Å²) in [5, 5.41) is 0. The third kappa shape index (κ3) is 1.17. The molecule has 2 aliphatic carbocycles. The van der Waals surface area contributed by atoms with E-state index in [1.165, 1.54) is 0 Å². The molecule has 2 heterocycles. The van der Waals surface area contributed by atoms with Crippen molar-refractivity contribution in [3.63, 3.8) is 0 Å². The monoisotopic (exact) mass is 324 g/mol. The number of carbonyl (C=O) groups is 1. The van der Waals surface area contributed by atoms with Crippen LogP contribution in [0.4, 0.5) is 0 Å². The molecule has 1 saturated carbocycles. The molecule has 3 nitrogen and oxygen atoms in total. The number of fused-ring (bicyclic) bond motifs is 7. The van der Waals surface area contributed by atoms with E-state index in [1.54, 1.807) is 0 Å². The van der Waals surface area contributed by atoms with E-state index in [-0.39, 0.29) is 5.78 Å². The Morgan fingerprint density at radius 2 is 2.30 bits per heavy atom. The van der Waals surface area contributed by atoms with E-state index in [2.05, 4.69) is 32.8 Å². The fourth-order valence-corrected chi connectivity index (χ4v) is 3.85. The van der Waals surface area contributed by atoms with E-state index in [9.17, 15) is 4.79 Å². The summed E-state index contributed by atoms with van der Waals surface area (Å²) >= 11 is 3.46. The molecular formula is C16H9BrN2O. The maximum atomic E-state index is 12.6. The van der Waals surface area contributed by atoms with Gasteiger partial charge in [0.15, 0.2) is 5.82 Å². The van der Waals surface area contributed by atoms with Gasteiger partial charge >= 0.3 is 0 Å². The number of rotatable bonds is 0. The van der Waals surface area contributed by atoms with Gasteiger partial charge in [-0.2, -0.15) is 0 Å². The Labute approximate surface area is 124 Å². The average molecular weight is 325 g/mol. The zero-order valence-electron chi connectivity index (χ0n) is 10.5. The first kappa shape index (κ1) is 10.9. The van der Waals surface area contributed by atoms with Crippen molar-refractivity contribution in [2.24, 2.45) is 5.92 Å². The topological polar surface area (TPSA) is 34.9 Å². The number of imidazole rings is 1. The van der Waals surface area contributed by atoms with Crippen LogP contribution < -0.4 is 0 Å². The number of benzene rings is 1. The summed E-state index contributed by atoms with van der Waals surface area (Å²) < 4.78 is 2.77. The summed E-state index contributed by atoms with van der Waals surface area (Å²) in [6, 6.07) is 5.81. The number of aromatic nitrogens is 2. The molecule has 0 saturated heterocycles. The van der Waals surface area contributed by atoms with Crippen molar-refractivity contribution in [3.05, 3.63) is 45.4 Å². The highest BCUT2D eigenvalue weighted by Crippen LogP contribution is 2.52. The Kier molecular flexibility index (Phi) is 1.86. The minimum absolute atomic E-state index is 0.000418. The van der Waals surface area contributed by atoms with Crippen LogP contribution in [0, 0.1) is 17.8 Å². The predicted molar refractivity (Wildman–Crippen MR) is 77.0 cm³/mol. The van der Waals surface area contributed by atoms with Crippen molar-refractivity contribution in [1.82, 2.24) is 9.55 Å². The number of ketones is 1. The first-order valence-electron chi connectivity index (χ1n) is 6.71. The van der Waals surface area contributed by atoms with Gasteiger partial charge in [0.1, 0.15) is 5.69 Å². The second-order valence-electron chi connectivity index (χ2n) is 5.58. The van der Waals surface area contributed by atoms with Gasteiger partial charge in [-0.15, -0.1) is 0 Å². The maximum Gasteiger partial charge on any atom is 0.232 e. The SMILES string of the molecule is O=C1c2c(Br)cccc2-n2c1nc1c2C#CCC2CC12. The second kappa shape index (κ2) is 3.42. The Hall–Kier alpha value is -1.86. The lowest BCUT2D eigenvalue weighted by atomic mass is 10.1. The Morgan fingerprint density at radius 3 is 3.20 bits per heavy atom. The zero-order chi connectivity index (χ0) is 13.4. The molecule has 96 valence electrons. The van der Waals surface area contributed by atoms with Crippen LogP contribution in [-0.4, -0.2) is 15.3 Å². The number of carbonyl (C=O) groups excluding carboxylic acids is 1. The summed E-state index contributed by atoms with van der Waals surface area (Å²) in [6.45, 7) is 0. The quantitative estimate of drug-likeness (QED) is 0.596. The van der Waals surface area contributed by atoms with Gasteiger partial charge in [0.25, 0.3) is 0 Å². The highest BCUT2D eigenvalue weighted by Gasteiger charge is 2.45. The van der Waals surface area contributed by atoms with Crippen LogP contribution in [0.2, 0.25) is 0 Å². The molecule has 0 radical (unpaired) electrons. The van der Waals surface area contributed by atoms with Crippen molar-refractivity contribution in [1.29, 1.82) is 0 Å². The fourth-order valence-electron chi connectivity index (χ4n) is 3.31. The van der Waals surface area contributed by atoms with E-state index in [4.69, 9.17) is 0 Å². The van der Waals surface area contributed by atoms with Gasteiger partial charge in [0, 0.05) is 16.8 Å². The predicted octanol–water partition coefficient (Wildman–Crippen LogP) is 3.04. The molecule has 0 bridgehead atoms. The molecule has 20 heavy (non-hydrogen) atoms. The van der Waals surface area contributed by atoms with Gasteiger partial charge in [-0.1, -0.05) is 12.0 Å². The second-order valence-corrected chi connectivity index (χ2v) is 6.43. The van der Waals surface area contributed by atoms with Crippen LogP contribution >= 0.6 is 15.9 Å². The summed E-state index contributed by atoms with van der Waals surface area (Å²) in [5.41, 5.74) is 3.57. The van der Waals surface area contributed by atoms with E-state index < -0.39 is 0 Å². The molecule has 1 aromatic carbocycles. The van der Waals surface area contributed by atoms with Crippen molar-refractivity contribution >= 4 is 21.7 Å². The third-order valence-corrected chi connectivity index (χ3v) is 5.07. The first-order chi connectivity index (χ1) is 9.75. The van der Waals surface area contributed by atoms with Gasteiger partial charge < -0.3 is 0 Å². The number of hydrogen-bond acceptors (Lipinski definition) is 2. The number of halogens is 1. The van der Waals surface area contributed by atoms with Crippen LogP contribution in [0.25, 0.3) is 5.69 Å². The van der Waals surface area contributed by atoms with Crippen LogP contribution in [0.1, 0.15) is 46.3 Å². The van der Waals surface area contributed by atoms with Gasteiger partial charge in [-0.05, 0) is 46.3 Å². The van der Waals surface area contributed by atoms with Gasteiger partial charge in [-0.3, -0.25) is 9.36 Å². The highest BCUT2D eigenvalue weighted by molar-refractivity contribution is 9.10. The molecule has 0 N–H and O–H groups in total. The minimum Gasteiger partial charge on any atom is -0.285 e. The largest absolute Gasteiger partial charge is 0.285 e. The van der Waals surface area contributed by atoms with Crippen LogP contribution in [0.15, 0.2) is 22.7 Å². The molecule has 5 rings (SSSR count). The first-order valence-corrected chi connectivity index (χ1v) is 7.50. The summed E-state index contributed by atoms with van der Waals surface area (Å²) in [5.74, 6) is 8.14. The van der Waals surface area contributed by atoms with Gasteiger partial charge in [0.05, 0.1) is 16.9 Å². The molecular weight excluding hydrogens is 316 g/mol. The number of hydrogen-bond donors (Lipinski definition) is 0. The van der Waals surface area contributed by atoms with Crippen molar-refractivity contribution < 1.29 is 4.79 Å². The maximum absolute atomic E-state index is 12.6. The van der Waals surface area contributed by atoms with Crippen molar-refractivity contribution in [2.45, 2.75) is 18.8 Å². The fraction of sp³-hybridized carbons (Fsp3) is 0.250. The molecule has 0 spiro atoms. The molecule has 0 amide bonds. The molecule has 2 aromatic rings. The molecule has 4 heteroatoms. The lowest BCUT2D eigenvalue weighted by Gasteiger charge is -2.04. The Balaban J connectivity index is 1.87. The third-order valence-electron chi connectivity index (χ3n) is 4.41. The number of nitrogens with zero attached hydrogens (tertiary/aromatic N) is 2. The molecule has 2 atom stereocenters. The summed E-state index contributed by atoms with van der Waals surface area (Å²) in [4.78, 5) is 17.2. The molecule has 1 fully saturated rings. The smallest absolute Gasteiger partial charge is 0.232 e. The van der Waals surface area contributed by atoms with E-state index in [0.717, 1.165) is 34.4 Å². The lowest BCUT2D eigenvalue weighted by Crippen LogP contribution is -1.99. The Morgan fingerprint density at radius 1 is 1.40 bits per heavy atom. The summed E-state index contributed by atoms with van der Waals surface area (Å²) in [7, 11) is 0. The van der Waals surface area contributed by atoms with Gasteiger partial charge in [-0.25, -0.2) is 4.98 Å². The van der Waals surface area contributed by atoms with Crippen LogP contribution in [0.5, 0.6) is 0 Å². The molecule has 2 unspecified atom stereocenters. The van der Waals surface area contributed by atoms with Crippen LogP contribution in [-0.2, 0) is 0 Å². The molecule has 1 aromatic heterocycles. The van der Waals surface area contributed by atoms with Crippen LogP contribution in [0.3, 0.4) is 0 Å². The van der Waals surface area contributed by atoms with Crippen molar-refractivity contribution in [3.8, 4) is 17.5 Å².